The summed E-state index contributed by atoms with van der Waals surface area (Å²) >= 11 is 0. The number of anilines is 1. The molecule has 2 rings (SSSR count). The second-order valence-corrected chi connectivity index (χ2v) is 6.34. The van der Waals surface area contributed by atoms with Crippen LogP contribution in [0.5, 0.6) is 0 Å². The molecule has 0 aromatic carbocycles. The van der Waals surface area contributed by atoms with Gasteiger partial charge in [-0.1, -0.05) is 20.8 Å². The molecule has 0 aliphatic carbocycles. The molecule has 0 unspecified atom stereocenters. The molecule has 21 heavy (non-hydrogen) atoms. The minimum atomic E-state index is -0.360. The van der Waals surface area contributed by atoms with Crippen molar-refractivity contribution in [1.82, 2.24) is 15.3 Å². The van der Waals surface area contributed by atoms with Crippen LogP contribution in [-0.2, 0) is 4.79 Å². The fourth-order valence-corrected chi connectivity index (χ4v) is 2.19. The van der Waals surface area contributed by atoms with Gasteiger partial charge in [-0.05, 0) is 18.9 Å². The fourth-order valence-electron chi connectivity index (χ4n) is 2.19. The van der Waals surface area contributed by atoms with E-state index < -0.39 is 0 Å². The van der Waals surface area contributed by atoms with Gasteiger partial charge in [-0.25, -0.2) is 9.97 Å². The van der Waals surface area contributed by atoms with E-state index in [9.17, 15) is 4.79 Å². The smallest absolute Gasteiger partial charge is 0.226 e. The van der Waals surface area contributed by atoms with Crippen LogP contribution >= 0.6 is 0 Å². The highest BCUT2D eigenvalue weighted by Crippen LogP contribution is 2.18. The van der Waals surface area contributed by atoms with Crippen molar-refractivity contribution in [2.75, 3.05) is 18.0 Å². The number of piperidine rings is 1. The Morgan fingerprint density at radius 2 is 2.10 bits per heavy atom. The SMILES string of the molecule is CC(C)(C)C(=O)NC1CCN(c2nccc(C#N)n2)CC1. The summed E-state index contributed by atoms with van der Waals surface area (Å²) in [6.07, 6.45) is 3.33. The molecule has 1 saturated heterocycles. The van der Waals surface area contributed by atoms with Gasteiger partial charge in [0.2, 0.25) is 11.9 Å². The Balaban J connectivity index is 1.91. The van der Waals surface area contributed by atoms with Gasteiger partial charge >= 0.3 is 0 Å². The molecule has 1 aromatic heterocycles. The summed E-state index contributed by atoms with van der Waals surface area (Å²) in [6, 6.07) is 3.82. The molecule has 112 valence electrons. The summed E-state index contributed by atoms with van der Waals surface area (Å²) in [7, 11) is 0. The van der Waals surface area contributed by atoms with E-state index in [1.54, 1.807) is 12.3 Å². The largest absolute Gasteiger partial charge is 0.353 e. The van der Waals surface area contributed by atoms with E-state index in [2.05, 4.69) is 20.2 Å². The molecule has 1 amide bonds. The van der Waals surface area contributed by atoms with Crippen LogP contribution in [0.25, 0.3) is 0 Å². The number of amides is 1. The molecular formula is C15H21N5O. The number of aromatic nitrogens is 2. The second-order valence-electron chi connectivity index (χ2n) is 6.34. The molecule has 1 fully saturated rings. The molecule has 1 aliphatic heterocycles. The molecule has 6 heteroatoms. The van der Waals surface area contributed by atoms with Crippen molar-refractivity contribution >= 4 is 11.9 Å². The fraction of sp³-hybridized carbons (Fsp3) is 0.600. The topological polar surface area (TPSA) is 81.9 Å². The molecule has 0 bridgehead atoms. The van der Waals surface area contributed by atoms with Crippen LogP contribution in [0, 0.1) is 16.7 Å². The van der Waals surface area contributed by atoms with Crippen molar-refractivity contribution in [3.63, 3.8) is 0 Å². The summed E-state index contributed by atoms with van der Waals surface area (Å²) in [4.78, 5) is 22.5. The Hall–Kier alpha value is -2.16. The number of hydrogen-bond donors (Lipinski definition) is 1. The molecular weight excluding hydrogens is 266 g/mol. The molecule has 0 saturated carbocycles. The van der Waals surface area contributed by atoms with E-state index in [0.29, 0.717) is 11.6 Å². The Bertz CT molecular complexity index is 550. The van der Waals surface area contributed by atoms with Crippen molar-refractivity contribution < 1.29 is 4.79 Å². The molecule has 0 spiro atoms. The quantitative estimate of drug-likeness (QED) is 0.891. The van der Waals surface area contributed by atoms with Gasteiger partial charge < -0.3 is 10.2 Å². The standard InChI is InChI=1S/C15H21N5O/c1-15(2,3)13(21)18-11-5-8-20(9-6-11)14-17-7-4-12(10-16)19-14/h4,7,11H,5-6,8-9H2,1-3H3,(H,18,21). The van der Waals surface area contributed by atoms with E-state index in [1.165, 1.54) is 0 Å². The highest BCUT2D eigenvalue weighted by molar-refractivity contribution is 5.81. The van der Waals surface area contributed by atoms with Gasteiger partial charge in [0, 0.05) is 30.7 Å². The van der Waals surface area contributed by atoms with Crippen LogP contribution in [0.1, 0.15) is 39.3 Å². The van der Waals surface area contributed by atoms with Gasteiger partial charge in [-0.3, -0.25) is 4.79 Å². The van der Waals surface area contributed by atoms with Crippen molar-refractivity contribution in [3.8, 4) is 6.07 Å². The summed E-state index contributed by atoms with van der Waals surface area (Å²) in [6.45, 7) is 7.31. The summed E-state index contributed by atoms with van der Waals surface area (Å²) in [5.74, 6) is 0.679. The van der Waals surface area contributed by atoms with Crippen LogP contribution < -0.4 is 10.2 Å². The van der Waals surface area contributed by atoms with E-state index in [0.717, 1.165) is 25.9 Å². The molecule has 1 N–H and O–H groups in total. The first-order valence-corrected chi connectivity index (χ1v) is 7.19. The van der Waals surface area contributed by atoms with Crippen molar-refractivity contribution in [3.05, 3.63) is 18.0 Å². The van der Waals surface area contributed by atoms with Gasteiger partial charge in [0.1, 0.15) is 11.8 Å². The molecule has 2 heterocycles. The van der Waals surface area contributed by atoms with Gasteiger partial charge in [0.15, 0.2) is 0 Å². The Morgan fingerprint density at radius 1 is 1.43 bits per heavy atom. The Morgan fingerprint density at radius 3 is 2.67 bits per heavy atom. The first-order valence-electron chi connectivity index (χ1n) is 7.19. The predicted octanol–water partition coefficient (Wildman–Crippen LogP) is 1.48. The molecule has 1 aliphatic rings. The summed E-state index contributed by atoms with van der Waals surface area (Å²) in [5, 5.41) is 12.0. The highest BCUT2D eigenvalue weighted by atomic mass is 16.2. The first-order chi connectivity index (χ1) is 9.90. The zero-order valence-electron chi connectivity index (χ0n) is 12.8. The zero-order chi connectivity index (χ0) is 15.5. The minimum absolute atomic E-state index is 0.0867. The van der Waals surface area contributed by atoms with E-state index in [-0.39, 0.29) is 17.4 Å². The molecule has 1 aromatic rings. The lowest BCUT2D eigenvalue weighted by Gasteiger charge is -2.33. The van der Waals surface area contributed by atoms with Crippen molar-refractivity contribution in [2.24, 2.45) is 5.41 Å². The maximum atomic E-state index is 12.0. The average molecular weight is 287 g/mol. The summed E-state index contributed by atoms with van der Waals surface area (Å²) in [5.41, 5.74) is 0.0182. The Labute approximate surface area is 125 Å². The van der Waals surface area contributed by atoms with Gasteiger partial charge in [-0.2, -0.15) is 5.26 Å². The first kappa shape index (κ1) is 15.2. The van der Waals surface area contributed by atoms with E-state index >= 15 is 0 Å². The van der Waals surface area contributed by atoms with Gasteiger partial charge in [-0.15, -0.1) is 0 Å². The van der Waals surface area contributed by atoms with Crippen molar-refractivity contribution in [1.29, 1.82) is 5.26 Å². The predicted molar refractivity (Wildman–Crippen MR) is 79.6 cm³/mol. The number of carbonyl (C=O) groups is 1. The lowest BCUT2D eigenvalue weighted by Crippen LogP contribution is -2.48. The maximum absolute atomic E-state index is 12.0. The average Bonchev–Trinajstić information content (AvgIpc) is 2.47. The number of nitrogens with one attached hydrogen (secondary N) is 1. The number of nitrogens with zero attached hydrogens (tertiary/aromatic N) is 4. The number of nitriles is 1. The number of carbonyl (C=O) groups excluding carboxylic acids is 1. The third-order valence-electron chi connectivity index (χ3n) is 3.55. The number of hydrogen-bond acceptors (Lipinski definition) is 5. The van der Waals surface area contributed by atoms with Crippen molar-refractivity contribution in [2.45, 2.75) is 39.7 Å². The third kappa shape index (κ3) is 3.91. The normalized spacial score (nSPS) is 16.4. The van der Waals surface area contributed by atoms with E-state index in [1.807, 2.05) is 26.8 Å². The second kappa shape index (κ2) is 6.08. The lowest BCUT2D eigenvalue weighted by molar-refractivity contribution is -0.129. The molecule has 0 radical (unpaired) electrons. The Kier molecular flexibility index (Phi) is 4.41. The minimum Gasteiger partial charge on any atom is -0.353 e. The van der Waals surface area contributed by atoms with Gasteiger partial charge in [0.05, 0.1) is 0 Å². The van der Waals surface area contributed by atoms with Crippen LogP contribution in [0.2, 0.25) is 0 Å². The lowest BCUT2D eigenvalue weighted by atomic mass is 9.94. The number of rotatable bonds is 2. The maximum Gasteiger partial charge on any atom is 0.226 e. The van der Waals surface area contributed by atoms with E-state index in [4.69, 9.17) is 5.26 Å². The monoisotopic (exact) mass is 287 g/mol. The highest BCUT2D eigenvalue weighted by Gasteiger charge is 2.27. The summed E-state index contributed by atoms with van der Waals surface area (Å²) < 4.78 is 0. The van der Waals surface area contributed by atoms with Crippen LogP contribution in [-0.4, -0.2) is 35.0 Å². The van der Waals surface area contributed by atoms with Crippen LogP contribution in [0.3, 0.4) is 0 Å². The van der Waals surface area contributed by atoms with Crippen LogP contribution in [0.4, 0.5) is 5.95 Å². The molecule has 6 nitrogen and oxygen atoms in total. The van der Waals surface area contributed by atoms with Crippen LogP contribution in [0.15, 0.2) is 12.3 Å². The molecule has 0 atom stereocenters. The van der Waals surface area contributed by atoms with Gasteiger partial charge in [0.25, 0.3) is 0 Å². The zero-order valence-corrected chi connectivity index (χ0v) is 12.8. The third-order valence-corrected chi connectivity index (χ3v) is 3.55.